The summed E-state index contributed by atoms with van der Waals surface area (Å²) >= 11 is 0. The number of hydrogen-bond acceptors (Lipinski definition) is 3. The van der Waals surface area contributed by atoms with Gasteiger partial charge in [0.1, 0.15) is 5.75 Å². The number of nitrogens with one attached hydrogen (secondary N) is 1. The number of benzene rings is 2. The number of ether oxygens (including phenoxy) is 1. The molecular weight excluding hydrogens is 381 g/mol. The van der Waals surface area contributed by atoms with Gasteiger partial charge in [-0.15, -0.1) is 13.2 Å². The first kappa shape index (κ1) is 21.2. The van der Waals surface area contributed by atoms with Crippen LogP contribution in [0.1, 0.15) is 24.0 Å². The zero-order chi connectivity index (χ0) is 20.7. The molecule has 0 radical (unpaired) electrons. The second-order valence-electron chi connectivity index (χ2n) is 7.40. The van der Waals surface area contributed by atoms with Gasteiger partial charge >= 0.3 is 6.36 Å². The van der Waals surface area contributed by atoms with E-state index in [2.05, 4.69) is 27.1 Å². The van der Waals surface area contributed by atoms with Crippen LogP contribution >= 0.6 is 0 Å². The molecule has 1 N–H and O–H groups in total. The molecular formula is C22H25F3N2O2. The monoisotopic (exact) mass is 406 g/mol. The molecule has 1 atom stereocenters. The number of nitrogens with zero attached hydrogens (tertiary/aromatic N) is 1. The maximum absolute atomic E-state index is 12.2. The first-order chi connectivity index (χ1) is 13.9. The van der Waals surface area contributed by atoms with Crippen molar-refractivity contribution in [3.8, 4) is 5.75 Å². The predicted octanol–water partition coefficient (Wildman–Crippen LogP) is 4.16. The van der Waals surface area contributed by atoms with Crippen LogP contribution in [0.4, 0.5) is 13.2 Å². The Morgan fingerprint density at radius 3 is 2.48 bits per heavy atom. The second kappa shape index (κ2) is 9.78. The molecule has 3 rings (SSSR count). The summed E-state index contributed by atoms with van der Waals surface area (Å²) in [6.45, 7) is 3.53. The highest BCUT2D eigenvalue weighted by atomic mass is 19.4. The van der Waals surface area contributed by atoms with Crippen molar-refractivity contribution in [3.63, 3.8) is 0 Å². The van der Waals surface area contributed by atoms with Crippen LogP contribution in [0.2, 0.25) is 0 Å². The summed E-state index contributed by atoms with van der Waals surface area (Å²) in [6, 6.07) is 15.7. The molecule has 0 saturated carbocycles. The highest BCUT2D eigenvalue weighted by Gasteiger charge is 2.31. The normalized spacial score (nSPS) is 17.7. The predicted molar refractivity (Wildman–Crippen MR) is 104 cm³/mol. The minimum absolute atomic E-state index is 0.130. The topological polar surface area (TPSA) is 41.6 Å². The Kier molecular flexibility index (Phi) is 7.14. The summed E-state index contributed by atoms with van der Waals surface area (Å²) in [5.41, 5.74) is 1.93. The fourth-order valence-electron chi connectivity index (χ4n) is 3.62. The lowest BCUT2D eigenvalue weighted by atomic mass is 9.97. The van der Waals surface area contributed by atoms with Gasteiger partial charge in [-0.2, -0.15) is 0 Å². The number of rotatable bonds is 7. The molecule has 0 aromatic heterocycles. The van der Waals surface area contributed by atoms with Crippen molar-refractivity contribution in [2.45, 2.75) is 32.2 Å². The van der Waals surface area contributed by atoms with E-state index in [0.717, 1.165) is 32.5 Å². The third kappa shape index (κ3) is 7.42. The molecule has 1 fully saturated rings. The molecule has 1 saturated heterocycles. The molecule has 1 amide bonds. The van der Waals surface area contributed by atoms with Crippen LogP contribution in [0.15, 0.2) is 54.6 Å². The Labute approximate surface area is 168 Å². The van der Waals surface area contributed by atoms with Gasteiger partial charge in [-0.3, -0.25) is 9.69 Å². The van der Waals surface area contributed by atoms with Crippen molar-refractivity contribution in [1.82, 2.24) is 10.2 Å². The number of halogens is 3. The molecule has 2 aromatic carbocycles. The highest BCUT2D eigenvalue weighted by molar-refractivity contribution is 5.78. The van der Waals surface area contributed by atoms with Gasteiger partial charge in [-0.1, -0.05) is 42.5 Å². The number of hydrogen-bond donors (Lipinski definition) is 1. The second-order valence-corrected chi connectivity index (χ2v) is 7.40. The summed E-state index contributed by atoms with van der Waals surface area (Å²) in [7, 11) is 0. The van der Waals surface area contributed by atoms with E-state index in [1.807, 2.05) is 18.2 Å². The fourth-order valence-corrected chi connectivity index (χ4v) is 3.62. The smallest absolute Gasteiger partial charge is 0.406 e. The zero-order valence-electron chi connectivity index (χ0n) is 16.1. The molecule has 1 aliphatic heterocycles. The Morgan fingerprint density at radius 1 is 1.07 bits per heavy atom. The lowest BCUT2D eigenvalue weighted by Gasteiger charge is -2.32. The van der Waals surface area contributed by atoms with Crippen molar-refractivity contribution in [1.29, 1.82) is 0 Å². The van der Waals surface area contributed by atoms with Crippen molar-refractivity contribution in [3.05, 3.63) is 65.7 Å². The molecule has 2 aromatic rings. The van der Waals surface area contributed by atoms with Gasteiger partial charge in [-0.05, 0) is 48.6 Å². The molecule has 29 heavy (non-hydrogen) atoms. The summed E-state index contributed by atoms with van der Waals surface area (Å²) < 4.78 is 40.4. The van der Waals surface area contributed by atoms with Gasteiger partial charge in [0, 0.05) is 19.6 Å². The van der Waals surface area contributed by atoms with E-state index in [-0.39, 0.29) is 18.1 Å². The average molecular weight is 406 g/mol. The van der Waals surface area contributed by atoms with E-state index in [0.29, 0.717) is 18.0 Å². The largest absolute Gasteiger partial charge is 0.573 e. The van der Waals surface area contributed by atoms with Crippen molar-refractivity contribution in [2.75, 3.05) is 19.6 Å². The Bertz CT molecular complexity index is 779. The number of amides is 1. The van der Waals surface area contributed by atoms with E-state index in [1.54, 1.807) is 0 Å². The van der Waals surface area contributed by atoms with Gasteiger partial charge in [0.15, 0.2) is 0 Å². The van der Waals surface area contributed by atoms with E-state index in [1.165, 1.54) is 29.8 Å². The number of piperidine rings is 1. The third-order valence-corrected chi connectivity index (χ3v) is 4.96. The number of alkyl halides is 3. The first-order valence-electron chi connectivity index (χ1n) is 9.75. The molecule has 0 bridgehead atoms. The summed E-state index contributed by atoms with van der Waals surface area (Å²) in [4.78, 5) is 14.6. The van der Waals surface area contributed by atoms with Crippen LogP contribution in [0, 0.1) is 5.92 Å². The maximum Gasteiger partial charge on any atom is 0.573 e. The maximum atomic E-state index is 12.2. The van der Waals surface area contributed by atoms with E-state index >= 15 is 0 Å². The molecule has 0 spiro atoms. The van der Waals surface area contributed by atoms with Gasteiger partial charge < -0.3 is 10.1 Å². The number of carbonyl (C=O) groups excluding carboxylic acids is 1. The Hall–Kier alpha value is -2.54. The Morgan fingerprint density at radius 2 is 1.79 bits per heavy atom. The van der Waals surface area contributed by atoms with Gasteiger partial charge in [0.05, 0.1) is 6.42 Å². The van der Waals surface area contributed by atoms with Crippen LogP contribution in [-0.4, -0.2) is 36.8 Å². The highest BCUT2D eigenvalue weighted by Crippen LogP contribution is 2.23. The lowest BCUT2D eigenvalue weighted by molar-refractivity contribution is -0.274. The van der Waals surface area contributed by atoms with Gasteiger partial charge in [0.25, 0.3) is 0 Å². The summed E-state index contributed by atoms with van der Waals surface area (Å²) in [6.07, 6.45) is -2.40. The lowest BCUT2D eigenvalue weighted by Crippen LogP contribution is -2.40. The van der Waals surface area contributed by atoms with Crippen molar-refractivity contribution < 1.29 is 22.7 Å². The molecule has 1 heterocycles. The molecule has 4 nitrogen and oxygen atoms in total. The summed E-state index contributed by atoms with van der Waals surface area (Å²) in [5.74, 6) is -0.0176. The van der Waals surface area contributed by atoms with Crippen molar-refractivity contribution >= 4 is 5.91 Å². The SMILES string of the molecule is O=C(Cc1ccc(OC(F)(F)F)cc1)NCC1CCCN(Cc2ccccc2)C1. The van der Waals surface area contributed by atoms with E-state index in [4.69, 9.17) is 0 Å². The van der Waals surface area contributed by atoms with Crippen molar-refractivity contribution in [2.24, 2.45) is 5.92 Å². The van der Waals surface area contributed by atoms with Crippen LogP contribution in [-0.2, 0) is 17.8 Å². The molecule has 7 heteroatoms. The quantitative estimate of drug-likeness (QED) is 0.751. The van der Waals surface area contributed by atoms with Crippen LogP contribution in [0.5, 0.6) is 5.75 Å². The fraction of sp³-hybridized carbons (Fsp3) is 0.409. The number of likely N-dealkylation sites (tertiary alicyclic amines) is 1. The zero-order valence-corrected chi connectivity index (χ0v) is 16.1. The molecule has 156 valence electrons. The first-order valence-corrected chi connectivity index (χ1v) is 9.75. The van der Waals surface area contributed by atoms with E-state index < -0.39 is 6.36 Å². The molecule has 0 aliphatic carbocycles. The van der Waals surface area contributed by atoms with Gasteiger partial charge in [-0.25, -0.2) is 0 Å². The number of carbonyl (C=O) groups is 1. The third-order valence-electron chi connectivity index (χ3n) is 4.96. The molecule has 1 unspecified atom stereocenters. The Balaban J connectivity index is 1.42. The standard InChI is InChI=1S/C22H25F3N2O2/c23-22(24,25)29-20-10-8-17(9-11-20)13-21(28)26-14-19-7-4-12-27(16-19)15-18-5-2-1-3-6-18/h1-3,5-6,8-11,19H,4,7,12-16H2,(H,26,28). The van der Waals surface area contributed by atoms with Crippen LogP contribution in [0.3, 0.4) is 0 Å². The van der Waals surface area contributed by atoms with Gasteiger partial charge in [0.2, 0.25) is 5.91 Å². The van der Waals surface area contributed by atoms with Crippen LogP contribution < -0.4 is 10.1 Å². The van der Waals surface area contributed by atoms with Crippen LogP contribution in [0.25, 0.3) is 0 Å². The summed E-state index contributed by atoms with van der Waals surface area (Å²) in [5, 5.41) is 2.96. The molecule has 1 aliphatic rings. The minimum Gasteiger partial charge on any atom is -0.406 e. The van der Waals surface area contributed by atoms with E-state index in [9.17, 15) is 18.0 Å². The average Bonchev–Trinajstić information content (AvgIpc) is 2.68. The minimum atomic E-state index is -4.71.